The summed E-state index contributed by atoms with van der Waals surface area (Å²) in [5, 5.41) is 6.23. The summed E-state index contributed by atoms with van der Waals surface area (Å²) in [6, 6.07) is 8.74. The first-order valence-electron chi connectivity index (χ1n) is 4.99. The van der Waals surface area contributed by atoms with E-state index in [9.17, 15) is 4.79 Å². The Morgan fingerprint density at radius 2 is 2.22 bits per heavy atom. The fraction of sp³-hybridized carbons (Fsp3) is 0. The molecule has 0 bridgehead atoms. The third kappa shape index (κ3) is 3.41. The lowest BCUT2D eigenvalue weighted by Crippen LogP contribution is -2.17. The molecule has 0 aliphatic rings. The predicted octanol–water partition coefficient (Wildman–Crippen LogP) is 3.93. The van der Waals surface area contributed by atoms with Crippen LogP contribution >= 0.6 is 38.9 Å². The quantitative estimate of drug-likeness (QED) is 0.666. The Morgan fingerprint density at radius 1 is 1.44 bits per heavy atom. The predicted molar refractivity (Wildman–Crippen MR) is 78.5 cm³/mol. The number of hydrogen-bond acceptors (Lipinski definition) is 3. The second-order valence-electron chi connectivity index (χ2n) is 3.35. The second kappa shape index (κ2) is 6.13. The highest BCUT2D eigenvalue weighted by atomic mass is 79.9. The van der Waals surface area contributed by atoms with Crippen LogP contribution in [0.3, 0.4) is 0 Å². The van der Waals surface area contributed by atoms with Crippen molar-refractivity contribution < 1.29 is 4.79 Å². The third-order valence-electron chi connectivity index (χ3n) is 2.06. The molecule has 2 rings (SSSR count). The second-order valence-corrected chi connectivity index (χ2v) is 5.61. The first kappa shape index (κ1) is 13.3. The summed E-state index contributed by atoms with van der Waals surface area (Å²) >= 11 is 10.8. The van der Waals surface area contributed by atoms with Gasteiger partial charge in [0, 0.05) is 14.7 Å². The summed E-state index contributed by atoms with van der Waals surface area (Å²) in [5.74, 6) is -0.326. The molecular formula is C12H8BrClN2OS. The van der Waals surface area contributed by atoms with E-state index in [2.05, 4.69) is 26.5 Å². The number of carbonyl (C=O) groups excluding carboxylic acids is 1. The van der Waals surface area contributed by atoms with Gasteiger partial charge in [0.15, 0.2) is 0 Å². The Kier molecular flexibility index (Phi) is 4.52. The van der Waals surface area contributed by atoms with Gasteiger partial charge in [0.2, 0.25) is 0 Å². The topological polar surface area (TPSA) is 41.5 Å². The summed E-state index contributed by atoms with van der Waals surface area (Å²) in [6.07, 6.45) is 1.59. The normalized spacial score (nSPS) is 10.8. The highest BCUT2D eigenvalue weighted by Crippen LogP contribution is 2.18. The SMILES string of the molecule is O=C(NN=Cc1cc(Br)cs1)c1ccccc1Cl. The van der Waals surface area contributed by atoms with Crippen LogP contribution < -0.4 is 5.43 Å². The van der Waals surface area contributed by atoms with E-state index in [1.165, 1.54) is 11.3 Å². The number of thiophene rings is 1. The lowest BCUT2D eigenvalue weighted by Gasteiger charge is -2.01. The molecule has 0 aliphatic heterocycles. The Balaban J connectivity index is 2.01. The minimum absolute atomic E-state index is 0.326. The number of benzene rings is 1. The van der Waals surface area contributed by atoms with E-state index in [-0.39, 0.29) is 5.91 Å². The zero-order valence-corrected chi connectivity index (χ0v) is 12.2. The minimum Gasteiger partial charge on any atom is -0.267 e. The Labute approximate surface area is 122 Å². The Morgan fingerprint density at radius 3 is 2.89 bits per heavy atom. The number of nitrogens with zero attached hydrogens (tertiary/aromatic N) is 1. The van der Waals surface area contributed by atoms with Gasteiger partial charge in [-0.05, 0) is 34.1 Å². The third-order valence-corrected chi connectivity index (χ3v) is 4.02. The van der Waals surface area contributed by atoms with E-state index in [1.807, 2.05) is 11.4 Å². The van der Waals surface area contributed by atoms with Crippen molar-refractivity contribution in [2.75, 3.05) is 0 Å². The molecule has 1 aromatic carbocycles. The summed E-state index contributed by atoms with van der Waals surface area (Å²) in [5.41, 5.74) is 2.84. The number of nitrogens with one attached hydrogen (secondary N) is 1. The molecule has 1 amide bonds. The summed E-state index contributed by atoms with van der Waals surface area (Å²) < 4.78 is 0.992. The molecule has 6 heteroatoms. The van der Waals surface area contributed by atoms with Crippen LogP contribution in [-0.4, -0.2) is 12.1 Å². The van der Waals surface area contributed by atoms with Gasteiger partial charge >= 0.3 is 0 Å². The first-order valence-corrected chi connectivity index (χ1v) is 7.04. The number of hydrogen-bond donors (Lipinski definition) is 1. The molecule has 0 aliphatic carbocycles. The van der Waals surface area contributed by atoms with Crippen molar-refractivity contribution in [1.82, 2.24) is 5.43 Å². The standard InChI is InChI=1S/C12H8BrClN2OS/c13-8-5-9(18-7-8)6-15-16-12(17)10-3-1-2-4-11(10)14/h1-7H,(H,16,17). The average Bonchev–Trinajstić information content (AvgIpc) is 2.75. The number of carbonyl (C=O) groups is 1. The van der Waals surface area contributed by atoms with Gasteiger partial charge in [0.05, 0.1) is 16.8 Å². The highest BCUT2D eigenvalue weighted by Gasteiger charge is 2.07. The van der Waals surface area contributed by atoms with Gasteiger partial charge < -0.3 is 0 Å². The van der Waals surface area contributed by atoms with Gasteiger partial charge in [0.25, 0.3) is 5.91 Å². The van der Waals surface area contributed by atoms with E-state index in [0.717, 1.165) is 9.35 Å². The lowest BCUT2D eigenvalue weighted by atomic mass is 10.2. The van der Waals surface area contributed by atoms with Crippen LogP contribution in [0.25, 0.3) is 0 Å². The fourth-order valence-corrected chi connectivity index (χ4v) is 2.78. The summed E-state index contributed by atoms with van der Waals surface area (Å²) in [6.45, 7) is 0. The molecular weight excluding hydrogens is 336 g/mol. The molecule has 2 aromatic rings. The van der Waals surface area contributed by atoms with Crippen molar-refractivity contribution >= 4 is 51.0 Å². The zero-order valence-electron chi connectivity index (χ0n) is 9.06. The largest absolute Gasteiger partial charge is 0.272 e. The van der Waals surface area contributed by atoms with E-state index >= 15 is 0 Å². The minimum atomic E-state index is -0.326. The van der Waals surface area contributed by atoms with Gasteiger partial charge in [-0.2, -0.15) is 5.10 Å². The van der Waals surface area contributed by atoms with Gasteiger partial charge in [-0.3, -0.25) is 4.79 Å². The summed E-state index contributed by atoms with van der Waals surface area (Å²) in [7, 11) is 0. The number of halogens is 2. The molecule has 0 unspecified atom stereocenters. The molecule has 3 nitrogen and oxygen atoms in total. The van der Waals surface area contributed by atoms with E-state index in [0.29, 0.717) is 10.6 Å². The first-order chi connectivity index (χ1) is 8.66. The summed E-state index contributed by atoms with van der Waals surface area (Å²) in [4.78, 5) is 12.7. The van der Waals surface area contributed by atoms with Crippen LogP contribution in [0.1, 0.15) is 15.2 Å². The molecule has 1 aromatic heterocycles. The van der Waals surface area contributed by atoms with Crippen LogP contribution in [0.2, 0.25) is 5.02 Å². The molecule has 0 spiro atoms. The van der Waals surface area contributed by atoms with E-state index in [1.54, 1.807) is 30.5 Å². The molecule has 0 atom stereocenters. The maximum atomic E-state index is 11.7. The van der Waals surface area contributed by atoms with Crippen LogP contribution in [0.4, 0.5) is 0 Å². The fourth-order valence-electron chi connectivity index (χ4n) is 1.26. The van der Waals surface area contributed by atoms with Gasteiger partial charge in [-0.1, -0.05) is 23.7 Å². The lowest BCUT2D eigenvalue weighted by molar-refractivity contribution is 0.0955. The molecule has 1 N–H and O–H groups in total. The Bertz CT molecular complexity index is 597. The van der Waals surface area contributed by atoms with Crippen molar-refractivity contribution in [3.8, 4) is 0 Å². The van der Waals surface area contributed by atoms with E-state index in [4.69, 9.17) is 11.6 Å². The molecule has 0 saturated heterocycles. The van der Waals surface area contributed by atoms with Crippen molar-refractivity contribution in [2.45, 2.75) is 0 Å². The average molecular weight is 344 g/mol. The molecule has 92 valence electrons. The maximum Gasteiger partial charge on any atom is 0.272 e. The van der Waals surface area contributed by atoms with Crippen LogP contribution in [0, 0.1) is 0 Å². The van der Waals surface area contributed by atoms with Crippen molar-refractivity contribution in [3.63, 3.8) is 0 Å². The molecule has 1 heterocycles. The number of hydrazone groups is 1. The van der Waals surface area contributed by atoms with Crippen LogP contribution in [-0.2, 0) is 0 Å². The number of rotatable bonds is 3. The molecule has 0 fully saturated rings. The van der Waals surface area contributed by atoms with Crippen molar-refractivity contribution in [3.05, 3.63) is 55.6 Å². The highest BCUT2D eigenvalue weighted by molar-refractivity contribution is 9.10. The van der Waals surface area contributed by atoms with Gasteiger partial charge in [0.1, 0.15) is 0 Å². The molecule has 0 saturated carbocycles. The van der Waals surface area contributed by atoms with Crippen molar-refractivity contribution in [1.29, 1.82) is 0 Å². The van der Waals surface area contributed by atoms with E-state index < -0.39 is 0 Å². The molecule has 0 radical (unpaired) electrons. The van der Waals surface area contributed by atoms with Crippen LogP contribution in [0.5, 0.6) is 0 Å². The maximum absolute atomic E-state index is 11.7. The monoisotopic (exact) mass is 342 g/mol. The Hall–Kier alpha value is -1.17. The van der Waals surface area contributed by atoms with Gasteiger partial charge in [-0.15, -0.1) is 11.3 Å². The smallest absolute Gasteiger partial charge is 0.267 e. The molecule has 18 heavy (non-hydrogen) atoms. The number of amides is 1. The van der Waals surface area contributed by atoms with Crippen molar-refractivity contribution in [2.24, 2.45) is 5.10 Å². The van der Waals surface area contributed by atoms with Gasteiger partial charge in [-0.25, -0.2) is 5.43 Å². The zero-order chi connectivity index (χ0) is 13.0. The van der Waals surface area contributed by atoms with Crippen LogP contribution in [0.15, 0.2) is 45.3 Å².